The zero-order valence-corrected chi connectivity index (χ0v) is 12.7. The highest BCUT2D eigenvalue weighted by molar-refractivity contribution is 5.30. The fraction of sp³-hybridized carbons (Fsp3) is 0.471. The first kappa shape index (κ1) is 14.3. The van der Waals surface area contributed by atoms with E-state index in [1.54, 1.807) is 0 Å². The third kappa shape index (κ3) is 3.52. The SMILES string of the molecule is CC(N)C1CCN(Cc2ccn(-c3ccccc3)n2)CC1. The molecule has 1 aliphatic heterocycles. The molecule has 3 rings (SSSR count). The minimum absolute atomic E-state index is 0.324. The standard InChI is InChI=1S/C17H24N4/c1-14(18)15-7-10-20(11-8-15)13-16-9-12-21(19-16)17-5-3-2-4-6-17/h2-6,9,12,14-15H,7-8,10-11,13,18H2,1H3. The maximum Gasteiger partial charge on any atom is 0.0769 e. The van der Waals surface area contributed by atoms with Gasteiger partial charge < -0.3 is 5.73 Å². The first-order valence-electron chi connectivity index (χ1n) is 7.80. The third-order valence-electron chi connectivity index (χ3n) is 4.43. The monoisotopic (exact) mass is 284 g/mol. The molecule has 1 aromatic heterocycles. The average molecular weight is 284 g/mol. The number of para-hydroxylation sites is 1. The molecule has 0 bridgehead atoms. The largest absolute Gasteiger partial charge is 0.328 e. The predicted octanol–water partition coefficient (Wildman–Crippen LogP) is 2.43. The van der Waals surface area contributed by atoms with Crippen LogP contribution in [0.25, 0.3) is 5.69 Å². The first-order valence-corrected chi connectivity index (χ1v) is 7.80. The second-order valence-corrected chi connectivity index (χ2v) is 6.06. The molecule has 1 fully saturated rings. The molecule has 1 saturated heterocycles. The van der Waals surface area contributed by atoms with Gasteiger partial charge in [0.05, 0.1) is 11.4 Å². The van der Waals surface area contributed by atoms with Gasteiger partial charge in [0, 0.05) is 18.8 Å². The van der Waals surface area contributed by atoms with Gasteiger partial charge in [0.2, 0.25) is 0 Å². The summed E-state index contributed by atoms with van der Waals surface area (Å²) in [6.45, 7) is 5.32. The summed E-state index contributed by atoms with van der Waals surface area (Å²) < 4.78 is 1.95. The molecule has 2 aromatic rings. The highest BCUT2D eigenvalue weighted by Crippen LogP contribution is 2.20. The Morgan fingerprint density at radius 2 is 1.90 bits per heavy atom. The Kier molecular flexibility index (Phi) is 4.36. The fourth-order valence-corrected chi connectivity index (χ4v) is 3.04. The molecule has 112 valence electrons. The molecule has 1 aliphatic rings. The zero-order chi connectivity index (χ0) is 14.7. The topological polar surface area (TPSA) is 47.1 Å². The van der Waals surface area contributed by atoms with Crippen molar-refractivity contribution in [3.05, 3.63) is 48.3 Å². The van der Waals surface area contributed by atoms with Crippen molar-refractivity contribution in [2.24, 2.45) is 11.7 Å². The van der Waals surface area contributed by atoms with Crippen LogP contribution in [0, 0.1) is 5.92 Å². The van der Waals surface area contributed by atoms with E-state index in [0.29, 0.717) is 12.0 Å². The molecule has 2 N–H and O–H groups in total. The molecule has 0 aliphatic carbocycles. The number of nitrogens with two attached hydrogens (primary N) is 1. The van der Waals surface area contributed by atoms with Crippen LogP contribution in [0.1, 0.15) is 25.5 Å². The predicted molar refractivity (Wildman–Crippen MR) is 85.2 cm³/mol. The number of hydrogen-bond donors (Lipinski definition) is 1. The van der Waals surface area contributed by atoms with E-state index < -0.39 is 0 Å². The van der Waals surface area contributed by atoms with Gasteiger partial charge in [0.15, 0.2) is 0 Å². The van der Waals surface area contributed by atoms with Gasteiger partial charge in [0.25, 0.3) is 0 Å². The summed E-state index contributed by atoms with van der Waals surface area (Å²) in [5, 5.41) is 4.68. The minimum Gasteiger partial charge on any atom is -0.328 e. The number of piperidine rings is 1. The Hall–Kier alpha value is -1.65. The number of nitrogens with zero attached hydrogens (tertiary/aromatic N) is 3. The van der Waals surface area contributed by atoms with Crippen LogP contribution in [-0.4, -0.2) is 33.8 Å². The van der Waals surface area contributed by atoms with E-state index in [1.165, 1.54) is 12.8 Å². The smallest absolute Gasteiger partial charge is 0.0769 e. The quantitative estimate of drug-likeness (QED) is 0.938. The molecule has 0 saturated carbocycles. The number of hydrogen-bond acceptors (Lipinski definition) is 3. The van der Waals surface area contributed by atoms with Crippen molar-refractivity contribution in [3.8, 4) is 5.69 Å². The van der Waals surface area contributed by atoms with E-state index >= 15 is 0 Å². The summed E-state index contributed by atoms with van der Waals surface area (Å²) >= 11 is 0. The molecule has 4 nitrogen and oxygen atoms in total. The van der Waals surface area contributed by atoms with Gasteiger partial charge in [-0.1, -0.05) is 18.2 Å². The second kappa shape index (κ2) is 6.41. The van der Waals surface area contributed by atoms with Crippen LogP contribution in [0.5, 0.6) is 0 Å². The van der Waals surface area contributed by atoms with Gasteiger partial charge >= 0.3 is 0 Å². The highest BCUT2D eigenvalue weighted by Gasteiger charge is 2.22. The maximum atomic E-state index is 6.00. The maximum absolute atomic E-state index is 6.00. The molecular weight excluding hydrogens is 260 g/mol. The highest BCUT2D eigenvalue weighted by atomic mass is 15.3. The van der Waals surface area contributed by atoms with Crippen molar-refractivity contribution in [2.75, 3.05) is 13.1 Å². The van der Waals surface area contributed by atoms with E-state index in [4.69, 9.17) is 5.73 Å². The normalized spacial score (nSPS) is 18.8. The Balaban J connectivity index is 1.59. The van der Waals surface area contributed by atoms with Crippen LogP contribution >= 0.6 is 0 Å². The summed E-state index contributed by atoms with van der Waals surface area (Å²) in [5.41, 5.74) is 8.25. The van der Waals surface area contributed by atoms with Crippen molar-refractivity contribution in [1.29, 1.82) is 0 Å². The van der Waals surface area contributed by atoms with Crippen molar-refractivity contribution in [2.45, 2.75) is 32.4 Å². The molecule has 0 amide bonds. The third-order valence-corrected chi connectivity index (χ3v) is 4.43. The summed E-state index contributed by atoms with van der Waals surface area (Å²) in [4.78, 5) is 2.48. The average Bonchev–Trinajstić information content (AvgIpc) is 2.97. The lowest BCUT2D eigenvalue weighted by molar-refractivity contribution is 0.164. The number of aromatic nitrogens is 2. The van der Waals surface area contributed by atoms with Crippen molar-refractivity contribution >= 4 is 0 Å². The number of rotatable bonds is 4. The Bertz CT molecular complexity index is 553. The van der Waals surface area contributed by atoms with Crippen LogP contribution in [0.15, 0.2) is 42.6 Å². The summed E-state index contributed by atoms with van der Waals surface area (Å²) in [6.07, 6.45) is 4.45. The molecular formula is C17H24N4. The van der Waals surface area contributed by atoms with E-state index in [0.717, 1.165) is 31.0 Å². The van der Waals surface area contributed by atoms with Gasteiger partial charge in [-0.25, -0.2) is 4.68 Å². The molecule has 1 unspecified atom stereocenters. The molecule has 21 heavy (non-hydrogen) atoms. The van der Waals surface area contributed by atoms with E-state index in [-0.39, 0.29) is 0 Å². The summed E-state index contributed by atoms with van der Waals surface area (Å²) in [6, 6.07) is 12.7. The van der Waals surface area contributed by atoms with Crippen molar-refractivity contribution < 1.29 is 0 Å². The fourth-order valence-electron chi connectivity index (χ4n) is 3.04. The lowest BCUT2D eigenvalue weighted by Gasteiger charge is -2.33. The van der Waals surface area contributed by atoms with Crippen LogP contribution in [0.4, 0.5) is 0 Å². The van der Waals surface area contributed by atoms with Crippen LogP contribution < -0.4 is 5.73 Å². The molecule has 1 aromatic carbocycles. The van der Waals surface area contributed by atoms with Crippen molar-refractivity contribution in [3.63, 3.8) is 0 Å². The summed E-state index contributed by atoms with van der Waals surface area (Å²) in [5.74, 6) is 0.683. The van der Waals surface area contributed by atoms with E-state index in [1.807, 2.05) is 29.1 Å². The molecule has 0 radical (unpaired) electrons. The number of benzene rings is 1. The van der Waals surface area contributed by atoms with Gasteiger partial charge in [-0.2, -0.15) is 5.10 Å². The van der Waals surface area contributed by atoms with Crippen LogP contribution in [0.2, 0.25) is 0 Å². The van der Waals surface area contributed by atoms with Gasteiger partial charge in [-0.3, -0.25) is 4.90 Å². The lowest BCUT2D eigenvalue weighted by Crippen LogP contribution is -2.39. The van der Waals surface area contributed by atoms with Crippen LogP contribution in [-0.2, 0) is 6.54 Å². The van der Waals surface area contributed by atoms with Gasteiger partial charge in [0.1, 0.15) is 0 Å². The van der Waals surface area contributed by atoms with E-state index in [2.05, 4.69) is 35.1 Å². The summed E-state index contributed by atoms with van der Waals surface area (Å²) in [7, 11) is 0. The first-order chi connectivity index (χ1) is 10.2. The van der Waals surface area contributed by atoms with Gasteiger partial charge in [-0.05, 0) is 57.0 Å². The Labute approximate surface area is 126 Å². The van der Waals surface area contributed by atoms with E-state index in [9.17, 15) is 0 Å². The molecule has 1 atom stereocenters. The number of likely N-dealkylation sites (tertiary alicyclic amines) is 1. The second-order valence-electron chi connectivity index (χ2n) is 6.06. The molecule has 4 heteroatoms. The molecule has 2 heterocycles. The Morgan fingerprint density at radius 3 is 2.57 bits per heavy atom. The molecule has 0 spiro atoms. The Morgan fingerprint density at radius 1 is 1.19 bits per heavy atom. The van der Waals surface area contributed by atoms with Crippen LogP contribution in [0.3, 0.4) is 0 Å². The zero-order valence-electron chi connectivity index (χ0n) is 12.7. The lowest BCUT2D eigenvalue weighted by atomic mass is 9.91. The minimum atomic E-state index is 0.324. The van der Waals surface area contributed by atoms with Gasteiger partial charge in [-0.15, -0.1) is 0 Å². The van der Waals surface area contributed by atoms with Crippen molar-refractivity contribution in [1.82, 2.24) is 14.7 Å².